The summed E-state index contributed by atoms with van der Waals surface area (Å²) in [6, 6.07) is 12.2. The Morgan fingerprint density at radius 3 is 2.38 bits per heavy atom. The summed E-state index contributed by atoms with van der Waals surface area (Å²) in [5.41, 5.74) is 5.51. The van der Waals surface area contributed by atoms with E-state index in [4.69, 9.17) is 4.98 Å². The van der Waals surface area contributed by atoms with Crippen molar-refractivity contribution in [2.75, 3.05) is 31.1 Å². The second kappa shape index (κ2) is 6.72. The summed E-state index contributed by atoms with van der Waals surface area (Å²) in [5, 5.41) is 1.06. The van der Waals surface area contributed by atoms with Crippen molar-refractivity contribution in [2.24, 2.45) is 0 Å². The molecule has 0 unspecified atom stereocenters. The van der Waals surface area contributed by atoms with E-state index >= 15 is 0 Å². The zero-order chi connectivity index (χ0) is 18.3. The molecule has 0 spiro atoms. The first-order valence-corrected chi connectivity index (χ1v) is 9.82. The fourth-order valence-corrected chi connectivity index (χ4v) is 4.48. The van der Waals surface area contributed by atoms with E-state index in [-0.39, 0.29) is 5.91 Å². The summed E-state index contributed by atoms with van der Waals surface area (Å²) >= 11 is 1.75. The molecule has 2 aromatic carbocycles. The number of fused-ring (bicyclic) bond motifs is 1. The van der Waals surface area contributed by atoms with E-state index < -0.39 is 0 Å². The lowest BCUT2D eigenvalue weighted by Gasteiger charge is -2.34. The van der Waals surface area contributed by atoms with Gasteiger partial charge in [0.05, 0.1) is 10.2 Å². The van der Waals surface area contributed by atoms with Crippen LogP contribution in [0.5, 0.6) is 0 Å². The van der Waals surface area contributed by atoms with E-state index in [0.29, 0.717) is 0 Å². The van der Waals surface area contributed by atoms with Crippen LogP contribution in [-0.4, -0.2) is 42.0 Å². The molecule has 0 saturated carbocycles. The average molecular weight is 366 g/mol. The number of nitrogens with zero attached hydrogens (tertiary/aromatic N) is 3. The van der Waals surface area contributed by atoms with Crippen molar-refractivity contribution in [2.45, 2.75) is 20.8 Å². The highest BCUT2D eigenvalue weighted by atomic mass is 32.1. The van der Waals surface area contributed by atoms with E-state index in [9.17, 15) is 4.79 Å². The number of hydrogen-bond donors (Lipinski definition) is 0. The van der Waals surface area contributed by atoms with Gasteiger partial charge in [-0.1, -0.05) is 29.5 Å². The van der Waals surface area contributed by atoms with Gasteiger partial charge in [-0.15, -0.1) is 0 Å². The SMILES string of the molecule is Cc1cc2nc(N3CCN(C(=O)c4ccccc4C)CC3)sc2cc1C. The van der Waals surface area contributed by atoms with Crippen LogP contribution in [0.2, 0.25) is 0 Å². The number of benzene rings is 2. The van der Waals surface area contributed by atoms with E-state index in [1.54, 1.807) is 11.3 Å². The molecule has 1 saturated heterocycles. The normalized spacial score (nSPS) is 14.9. The fourth-order valence-electron chi connectivity index (χ4n) is 3.39. The second-order valence-electron chi connectivity index (χ2n) is 6.99. The molecule has 1 aliphatic rings. The first-order valence-electron chi connectivity index (χ1n) is 9.00. The Hall–Kier alpha value is -2.40. The average Bonchev–Trinajstić information content (AvgIpc) is 3.05. The Morgan fingerprint density at radius 2 is 1.65 bits per heavy atom. The standard InChI is InChI=1S/C21H23N3OS/c1-14-6-4-5-7-17(14)20(25)23-8-10-24(11-9-23)21-22-18-12-15(2)16(3)13-19(18)26-21/h4-7,12-13H,8-11H2,1-3H3. The molecule has 1 aromatic heterocycles. The maximum atomic E-state index is 12.8. The van der Waals surface area contributed by atoms with Crippen LogP contribution in [-0.2, 0) is 0 Å². The number of rotatable bonds is 2. The van der Waals surface area contributed by atoms with Crippen molar-refractivity contribution in [3.8, 4) is 0 Å². The highest BCUT2D eigenvalue weighted by molar-refractivity contribution is 7.22. The third-order valence-electron chi connectivity index (χ3n) is 5.21. The molecule has 1 aliphatic heterocycles. The van der Waals surface area contributed by atoms with Crippen molar-refractivity contribution in [3.05, 3.63) is 58.7 Å². The number of carbonyl (C=O) groups excluding carboxylic acids is 1. The molecule has 1 amide bonds. The minimum Gasteiger partial charge on any atom is -0.345 e. The van der Waals surface area contributed by atoms with Crippen LogP contribution in [0.15, 0.2) is 36.4 Å². The molecule has 0 bridgehead atoms. The molecule has 0 radical (unpaired) electrons. The fraction of sp³-hybridized carbons (Fsp3) is 0.333. The summed E-state index contributed by atoms with van der Waals surface area (Å²) in [5.74, 6) is 0.137. The first-order chi connectivity index (χ1) is 12.5. The smallest absolute Gasteiger partial charge is 0.254 e. The maximum Gasteiger partial charge on any atom is 0.254 e. The van der Waals surface area contributed by atoms with Gasteiger partial charge in [0.15, 0.2) is 5.13 Å². The Bertz CT molecular complexity index is 932. The quantitative estimate of drug-likeness (QED) is 0.683. The van der Waals surface area contributed by atoms with E-state index in [0.717, 1.165) is 48.0 Å². The zero-order valence-corrected chi connectivity index (χ0v) is 16.3. The van der Waals surface area contributed by atoms with E-state index in [1.807, 2.05) is 36.1 Å². The topological polar surface area (TPSA) is 36.4 Å². The monoisotopic (exact) mass is 365 g/mol. The van der Waals surface area contributed by atoms with Gasteiger partial charge in [-0.2, -0.15) is 0 Å². The Balaban J connectivity index is 1.48. The van der Waals surface area contributed by atoms with Gasteiger partial charge >= 0.3 is 0 Å². The van der Waals surface area contributed by atoms with Crippen LogP contribution in [0.3, 0.4) is 0 Å². The molecule has 0 aliphatic carbocycles. The zero-order valence-electron chi connectivity index (χ0n) is 15.5. The minimum absolute atomic E-state index is 0.137. The lowest BCUT2D eigenvalue weighted by atomic mass is 10.1. The lowest BCUT2D eigenvalue weighted by Crippen LogP contribution is -2.48. The van der Waals surface area contributed by atoms with Crippen molar-refractivity contribution in [1.82, 2.24) is 9.88 Å². The van der Waals surface area contributed by atoms with Gasteiger partial charge in [0.25, 0.3) is 5.91 Å². The third kappa shape index (κ3) is 3.07. The molecular weight excluding hydrogens is 342 g/mol. The molecule has 26 heavy (non-hydrogen) atoms. The molecule has 4 rings (SSSR count). The van der Waals surface area contributed by atoms with Crippen molar-refractivity contribution in [3.63, 3.8) is 0 Å². The largest absolute Gasteiger partial charge is 0.345 e. The number of thiazole rings is 1. The number of hydrogen-bond acceptors (Lipinski definition) is 4. The van der Waals surface area contributed by atoms with E-state index in [1.165, 1.54) is 15.8 Å². The number of anilines is 1. The number of aryl methyl sites for hydroxylation is 3. The van der Waals surface area contributed by atoms with Gasteiger partial charge in [0.2, 0.25) is 0 Å². The van der Waals surface area contributed by atoms with Crippen LogP contribution >= 0.6 is 11.3 Å². The summed E-state index contributed by atoms with van der Waals surface area (Å²) in [6.07, 6.45) is 0. The molecule has 2 heterocycles. The van der Waals surface area contributed by atoms with Gasteiger partial charge in [-0.3, -0.25) is 4.79 Å². The van der Waals surface area contributed by atoms with Crippen LogP contribution in [0.25, 0.3) is 10.2 Å². The summed E-state index contributed by atoms with van der Waals surface area (Å²) in [6.45, 7) is 9.40. The minimum atomic E-state index is 0.137. The third-order valence-corrected chi connectivity index (χ3v) is 6.28. The summed E-state index contributed by atoms with van der Waals surface area (Å²) in [4.78, 5) is 21.9. The number of aromatic nitrogens is 1. The number of piperazine rings is 1. The Kier molecular flexibility index (Phi) is 4.41. The van der Waals surface area contributed by atoms with Gasteiger partial charge in [-0.05, 0) is 55.7 Å². The van der Waals surface area contributed by atoms with Crippen molar-refractivity contribution in [1.29, 1.82) is 0 Å². The number of amides is 1. The second-order valence-corrected chi connectivity index (χ2v) is 8.00. The molecule has 134 valence electrons. The first kappa shape index (κ1) is 17.0. The van der Waals surface area contributed by atoms with Gasteiger partial charge in [0.1, 0.15) is 0 Å². The summed E-state index contributed by atoms with van der Waals surface area (Å²) < 4.78 is 1.24. The molecule has 5 heteroatoms. The molecule has 3 aromatic rings. The highest BCUT2D eigenvalue weighted by Crippen LogP contribution is 2.31. The highest BCUT2D eigenvalue weighted by Gasteiger charge is 2.24. The van der Waals surface area contributed by atoms with Crippen LogP contribution in [0.4, 0.5) is 5.13 Å². The molecule has 1 fully saturated rings. The van der Waals surface area contributed by atoms with Gasteiger partial charge in [0, 0.05) is 31.7 Å². The van der Waals surface area contributed by atoms with Crippen LogP contribution in [0, 0.1) is 20.8 Å². The molecular formula is C21H23N3OS. The predicted molar refractivity (Wildman–Crippen MR) is 108 cm³/mol. The van der Waals surface area contributed by atoms with Crippen LogP contribution < -0.4 is 4.90 Å². The molecule has 0 atom stereocenters. The Labute approximate surface area is 158 Å². The predicted octanol–water partition coefficient (Wildman–Crippen LogP) is 4.18. The molecule has 4 nitrogen and oxygen atoms in total. The lowest BCUT2D eigenvalue weighted by molar-refractivity contribution is 0.0746. The van der Waals surface area contributed by atoms with Gasteiger partial charge in [-0.25, -0.2) is 4.98 Å². The van der Waals surface area contributed by atoms with Crippen molar-refractivity contribution >= 4 is 32.6 Å². The van der Waals surface area contributed by atoms with E-state index in [2.05, 4.69) is 30.9 Å². The van der Waals surface area contributed by atoms with Crippen LogP contribution in [0.1, 0.15) is 27.0 Å². The number of carbonyl (C=O) groups is 1. The van der Waals surface area contributed by atoms with Crippen molar-refractivity contribution < 1.29 is 4.79 Å². The Morgan fingerprint density at radius 1 is 0.962 bits per heavy atom. The molecule has 0 N–H and O–H groups in total. The summed E-state index contributed by atoms with van der Waals surface area (Å²) in [7, 11) is 0. The van der Waals surface area contributed by atoms with Gasteiger partial charge < -0.3 is 9.80 Å². The maximum absolute atomic E-state index is 12.8.